The van der Waals surface area contributed by atoms with Gasteiger partial charge in [-0.1, -0.05) is 23.7 Å². The van der Waals surface area contributed by atoms with Gasteiger partial charge in [0.2, 0.25) is 0 Å². The number of methoxy groups -OCH3 is 1. The molecule has 2 amide bonds. The minimum absolute atomic E-state index is 0.140. The van der Waals surface area contributed by atoms with Crippen LogP contribution in [-0.4, -0.2) is 32.1 Å². The molecule has 0 aromatic heterocycles. The number of nitrogens with one attached hydrogen (secondary N) is 2. The van der Waals surface area contributed by atoms with Crippen molar-refractivity contribution in [3.63, 3.8) is 0 Å². The van der Waals surface area contributed by atoms with Crippen LogP contribution in [0.2, 0.25) is 5.02 Å². The van der Waals surface area contributed by atoms with E-state index in [4.69, 9.17) is 25.8 Å². The van der Waals surface area contributed by atoms with Gasteiger partial charge in [0.15, 0.2) is 18.1 Å². The van der Waals surface area contributed by atoms with Crippen molar-refractivity contribution in [3.8, 4) is 23.3 Å². The predicted molar refractivity (Wildman–Crippen MR) is 148 cm³/mol. The summed E-state index contributed by atoms with van der Waals surface area (Å²) in [5, 5.41) is 15.2. The summed E-state index contributed by atoms with van der Waals surface area (Å²) in [4.78, 5) is 25.1. The highest BCUT2D eigenvalue weighted by molar-refractivity contribution is 6.32. The van der Waals surface area contributed by atoms with Crippen molar-refractivity contribution < 1.29 is 23.8 Å². The van der Waals surface area contributed by atoms with Gasteiger partial charge in [0.05, 0.1) is 18.7 Å². The van der Waals surface area contributed by atoms with Crippen LogP contribution in [-0.2, 0) is 9.59 Å². The van der Waals surface area contributed by atoms with Gasteiger partial charge in [-0.15, -0.1) is 0 Å². The highest BCUT2D eigenvalue weighted by Crippen LogP contribution is 2.37. The van der Waals surface area contributed by atoms with Crippen molar-refractivity contribution in [2.45, 2.75) is 20.8 Å². The molecule has 0 atom stereocenters. The number of amides is 2. The zero-order valence-electron chi connectivity index (χ0n) is 21.6. The number of nitrogens with zero attached hydrogens (tertiary/aromatic N) is 1. The average Bonchev–Trinajstić information content (AvgIpc) is 2.89. The molecule has 2 N–H and O–H groups in total. The van der Waals surface area contributed by atoms with E-state index < -0.39 is 5.91 Å². The lowest BCUT2D eigenvalue weighted by Gasteiger charge is -2.14. The molecule has 0 bridgehead atoms. The Morgan fingerprint density at radius 2 is 1.76 bits per heavy atom. The molecule has 3 aromatic rings. The SMILES string of the molecule is CCOc1ccc(NC(=O)/C(C#N)=C/c2cc(Cl)c(OCC(=O)Nc3cc(C)ccc3C)c(OC)c2)cc1. The fraction of sp³-hybridized carbons (Fsp3) is 0.207. The summed E-state index contributed by atoms with van der Waals surface area (Å²) in [5.74, 6) is 0.134. The van der Waals surface area contributed by atoms with Crippen molar-refractivity contribution >= 4 is 40.9 Å². The lowest BCUT2D eigenvalue weighted by atomic mass is 10.1. The Hall–Kier alpha value is -4.48. The number of benzene rings is 3. The molecule has 0 heterocycles. The normalized spacial score (nSPS) is 10.8. The Balaban J connectivity index is 1.72. The minimum Gasteiger partial charge on any atom is -0.494 e. The first-order valence-electron chi connectivity index (χ1n) is 11.8. The van der Waals surface area contributed by atoms with Gasteiger partial charge in [0.25, 0.3) is 11.8 Å². The average molecular weight is 534 g/mol. The Morgan fingerprint density at radius 1 is 1.03 bits per heavy atom. The van der Waals surface area contributed by atoms with Gasteiger partial charge in [-0.25, -0.2) is 0 Å². The molecule has 0 fully saturated rings. The minimum atomic E-state index is -0.588. The van der Waals surface area contributed by atoms with Crippen molar-refractivity contribution in [2.24, 2.45) is 0 Å². The van der Waals surface area contributed by atoms with Gasteiger partial charge in [-0.2, -0.15) is 5.26 Å². The summed E-state index contributed by atoms with van der Waals surface area (Å²) in [5.41, 5.74) is 3.46. The molecule has 0 saturated carbocycles. The maximum Gasteiger partial charge on any atom is 0.266 e. The largest absolute Gasteiger partial charge is 0.494 e. The van der Waals surface area contributed by atoms with Gasteiger partial charge in [-0.3, -0.25) is 9.59 Å². The first-order valence-corrected chi connectivity index (χ1v) is 12.1. The van der Waals surface area contributed by atoms with Gasteiger partial charge in [0, 0.05) is 11.4 Å². The number of anilines is 2. The van der Waals surface area contributed by atoms with Crippen LogP contribution < -0.4 is 24.8 Å². The molecule has 38 heavy (non-hydrogen) atoms. The van der Waals surface area contributed by atoms with Crippen LogP contribution in [0.15, 0.2) is 60.2 Å². The molecule has 0 aliphatic rings. The number of carbonyl (C=O) groups is 2. The molecular formula is C29H28ClN3O5. The number of ether oxygens (including phenoxy) is 3. The zero-order chi connectivity index (χ0) is 27.7. The molecule has 0 unspecified atom stereocenters. The summed E-state index contributed by atoms with van der Waals surface area (Å²) in [7, 11) is 1.42. The van der Waals surface area contributed by atoms with Crippen LogP contribution in [0.1, 0.15) is 23.6 Å². The third-order valence-corrected chi connectivity index (χ3v) is 5.65. The molecule has 0 aliphatic carbocycles. The molecule has 3 aromatic carbocycles. The van der Waals surface area contributed by atoms with Crippen molar-refractivity contribution in [3.05, 3.63) is 81.9 Å². The number of aryl methyl sites for hydroxylation is 2. The number of hydrogen-bond donors (Lipinski definition) is 2. The Morgan fingerprint density at radius 3 is 2.42 bits per heavy atom. The third-order valence-electron chi connectivity index (χ3n) is 5.37. The van der Waals surface area contributed by atoms with Gasteiger partial charge >= 0.3 is 0 Å². The molecule has 9 heteroatoms. The number of nitriles is 1. The third kappa shape index (κ3) is 7.51. The van der Waals surface area contributed by atoms with Crippen LogP contribution >= 0.6 is 11.6 Å². The molecular weight excluding hydrogens is 506 g/mol. The smallest absolute Gasteiger partial charge is 0.266 e. The molecule has 0 spiro atoms. The number of halogens is 1. The monoisotopic (exact) mass is 533 g/mol. The van der Waals surface area contributed by atoms with E-state index in [0.29, 0.717) is 29.3 Å². The van der Waals surface area contributed by atoms with E-state index in [2.05, 4.69) is 10.6 Å². The molecule has 0 radical (unpaired) electrons. The van der Waals surface area contributed by atoms with Crippen LogP contribution in [0.3, 0.4) is 0 Å². The predicted octanol–water partition coefficient (Wildman–Crippen LogP) is 5.93. The van der Waals surface area contributed by atoms with Crippen LogP contribution in [0.4, 0.5) is 11.4 Å². The van der Waals surface area contributed by atoms with E-state index in [-0.39, 0.29) is 34.6 Å². The second-order valence-corrected chi connectivity index (χ2v) is 8.68. The molecule has 8 nitrogen and oxygen atoms in total. The standard InChI is InChI=1S/C29H28ClN3O5/c1-5-37-23-10-8-22(9-11-23)32-29(35)21(16-31)13-20-14-24(30)28(26(15-20)36-4)38-17-27(34)33-25-12-18(2)6-7-19(25)3/h6-15H,5,17H2,1-4H3,(H,32,35)(H,33,34)/b21-13+. The fourth-order valence-electron chi connectivity index (χ4n) is 3.47. The van der Waals surface area contributed by atoms with Crippen LogP contribution in [0, 0.1) is 25.2 Å². The molecule has 0 saturated heterocycles. The Bertz CT molecular complexity index is 1390. The van der Waals surface area contributed by atoms with Gasteiger partial charge < -0.3 is 24.8 Å². The topological polar surface area (TPSA) is 110 Å². The van der Waals surface area contributed by atoms with Crippen molar-refractivity contribution in [1.82, 2.24) is 0 Å². The van der Waals surface area contributed by atoms with E-state index in [0.717, 1.165) is 11.1 Å². The first kappa shape index (κ1) is 28.1. The lowest BCUT2D eigenvalue weighted by Crippen LogP contribution is -2.21. The van der Waals surface area contributed by atoms with E-state index in [1.165, 1.54) is 19.3 Å². The maximum absolute atomic E-state index is 12.7. The first-order chi connectivity index (χ1) is 18.2. The molecule has 3 rings (SSSR count). The summed E-state index contributed by atoms with van der Waals surface area (Å²) in [6, 6.07) is 17.5. The lowest BCUT2D eigenvalue weighted by molar-refractivity contribution is -0.118. The molecule has 0 aliphatic heterocycles. The summed E-state index contributed by atoms with van der Waals surface area (Å²) in [6.45, 7) is 5.95. The fourth-order valence-corrected chi connectivity index (χ4v) is 3.75. The van der Waals surface area contributed by atoms with E-state index in [9.17, 15) is 14.9 Å². The van der Waals surface area contributed by atoms with E-state index >= 15 is 0 Å². The summed E-state index contributed by atoms with van der Waals surface area (Å²) >= 11 is 6.42. The summed E-state index contributed by atoms with van der Waals surface area (Å²) < 4.78 is 16.4. The quantitative estimate of drug-likeness (QED) is 0.247. The van der Waals surface area contributed by atoms with Crippen LogP contribution in [0.25, 0.3) is 6.08 Å². The number of rotatable bonds is 10. The Kier molecular flexibility index (Phi) is 9.74. The van der Waals surface area contributed by atoms with E-state index in [1.807, 2.05) is 45.0 Å². The van der Waals surface area contributed by atoms with Crippen LogP contribution in [0.5, 0.6) is 17.2 Å². The van der Waals surface area contributed by atoms with Gasteiger partial charge in [0.1, 0.15) is 17.4 Å². The van der Waals surface area contributed by atoms with Crippen molar-refractivity contribution in [2.75, 3.05) is 31.0 Å². The number of carbonyl (C=O) groups excluding carboxylic acids is 2. The highest BCUT2D eigenvalue weighted by Gasteiger charge is 2.16. The van der Waals surface area contributed by atoms with E-state index in [1.54, 1.807) is 30.3 Å². The maximum atomic E-state index is 12.7. The van der Waals surface area contributed by atoms with Crippen molar-refractivity contribution in [1.29, 1.82) is 5.26 Å². The zero-order valence-corrected chi connectivity index (χ0v) is 22.3. The second-order valence-electron chi connectivity index (χ2n) is 8.27. The molecule has 196 valence electrons. The highest BCUT2D eigenvalue weighted by atomic mass is 35.5. The summed E-state index contributed by atoms with van der Waals surface area (Å²) in [6.07, 6.45) is 1.38. The van der Waals surface area contributed by atoms with Gasteiger partial charge in [-0.05, 0) is 86.0 Å². The second kappa shape index (κ2) is 13.2. The Labute approximate surface area is 226 Å². The number of hydrogen-bond acceptors (Lipinski definition) is 6.